The fraction of sp³-hybridized carbons (Fsp3) is 0.471. The van der Waals surface area contributed by atoms with E-state index in [1.54, 1.807) is 20.8 Å². The number of aliphatic hydroxyl groups is 1. The molecule has 0 spiro atoms. The van der Waals surface area contributed by atoms with E-state index in [4.69, 9.17) is 14.2 Å². The summed E-state index contributed by atoms with van der Waals surface area (Å²) in [5.41, 5.74) is 1.34. The van der Waals surface area contributed by atoms with Crippen molar-refractivity contribution >= 4 is 17.9 Å². The first-order valence-electron chi connectivity index (χ1n) is 7.47. The molecule has 0 aromatic heterocycles. The zero-order valence-corrected chi connectivity index (χ0v) is 14.5. The van der Waals surface area contributed by atoms with Crippen LogP contribution in [-0.2, 0) is 14.3 Å². The predicted octanol–water partition coefficient (Wildman–Crippen LogP) is 2.14. The van der Waals surface area contributed by atoms with Crippen LogP contribution >= 0.6 is 0 Å². The van der Waals surface area contributed by atoms with Crippen molar-refractivity contribution in [2.45, 2.75) is 53.2 Å². The molecule has 1 N–H and O–H groups in total. The van der Waals surface area contributed by atoms with Gasteiger partial charge in [0.15, 0.2) is 5.75 Å². The van der Waals surface area contributed by atoms with Gasteiger partial charge in [-0.2, -0.15) is 0 Å². The number of esters is 3. The minimum Gasteiger partial charge on any atom is -0.429 e. The lowest BCUT2D eigenvalue weighted by Gasteiger charge is -2.37. The number of rotatable bonds is 2. The fourth-order valence-electron chi connectivity index (χ4n) is 2.91. The second-order valence-corrected chi connectivity index (χ2v) is 6.05. The summed E-state index contributed by atoms with van der Waals surface area (Å²) in [7, 11) is 0. The van der Waals surface area contributed by atoms with Gasteiger partial charge < -0.3 is 19.3 Å². The van der Waals surface area contributed by atoms with E-state index in [0.29, 0.717) is 16.7 Å². The summed E-state index contributed by atoms with van der Waals surface area (Å²) in [6.07, 6.45) is 0. The maximum absolute atomic E-state index is 12.4. The van der Waals surface area contributed by atoms with Crippen LogP contribution in [0.2, 0.25) is 0 Å². The third kappa shape index (κ3) is 2.87. The molecule has 0 amide bonds. The molecule has 0 saturated carbocycles. The standard InChI is InChI=1S/C17H20O7/c1-7-12-9(3)17(6,21)24-16(20)13(12)15(23-11(5)19)8(2)14(7)22-10(4)18/h9,21H,1-6H3/t9-,17+/m1/s1. The van der Waals surface area contributed by atoms with E-state index in [1.165, 1.54) is 20.8 Å². The minimum absolute atomic E-state index is 0.0216. The maximum atomic E-state index is 12.4. The number of ether oxygens (including phenoxy) is 3. The second-order valence-electron chi connectivity index (χ2n) is 6.05. The molecule has 7 heteroatoms. The first kappa shape index (κ1) is 17.9. The van der Waals surface area contributed by atoms with Crippen molar-refractivity contribution in [3.8, 4) is 11.5 Å². The maximum Gasteiger partial charge on any atom is 0.344 e. The highest BCUT2D eigenvalue weighted by atomic mass is 16.7. The Labute approximate surface area is 139 Å². The summed E-state index contributed by atoms with van der Waals surface area (Å²) in [6, 6.07) is 0. The Morgan fingerprint density at radius 1 is 1.08 bits per heavy atom. The van der Waals surface area contributed by atoms with Gasteiger partial charge in [-0.15, -0.1) is 0 Å². The van der Waals surface area contributed by atoms with Crippen LogP contribution in [-0.4, -0.2) is 28.8 Å². The van der Waals surface area contributed by atoms with Crippen LogP contribution in [0.25, 0.3) is 0 Å². The van der Waals surface area contributed by atoms with Gasteiger partial charge in [0.25, 0.3) is 0 Å². The van der Waals surface area contributed by atoms with E-state index in [9.17, 15) is 19.5 Å². The largest absolute Gasteiger partial charge is 0.429 e. The van der Waals surface area contributed by atoms with E-state index in [1.807, 2.05) is 0 Å². The van der Waals surface area contributed by atoms with Crippen LogP contribution in [0.5, 0.6) is 11.5 Å². The van der Waals surface area contributed by atoms with Crippen molar-refractivity contribution in [1.82, 2.24) is 0 Å². The Bertz CT molecular complexity index is 746. The first-order valence-corrected chi connectivity index (χ1v) is 7.47. The Morgan fingerprint density at radius 3 is 2.08 bits per heavy atom. The lowest BCUT2D eigenvalue weighted by Crippen LogP contribution is -2.42. The van der Waals surface area contributed by atoms with Crippen molar-refractivity contribution < 1.29 is 33.7 Å². The summed E-state index contributed by atoms with van der Waals surface area (Å²) >= 11 is 0. The number of hydrogen-bond donors (Lipinski definition) is 1. The summed E-state index contributed by atoms with van der Waals surface area (Å²) < 4.78 is 15.5. The molecule has 7 nitrogen and oxygen atoms in total. The Balaban J connectivity index is 2.87. The quantitative estimate of drug-likeness (QED) is 0.652. The second kappa shape index (κ2) is 5.90. The monoisotopic (exact) mass is 336 g/mol. The van der Waals surface area contributed by atoms with E-state index in [2.05, 4.69) is 0 Å². The van der Waals surface area contributed by atoms with Gasteiger partial charge in [-0.05, 0) is 25.0 Å². The van der Waals surface area contributed by atoms with E-state index in [0.717, 1.165) is 0 Å². The molecule has 1 heterocycles. The van der Waals surface area contributed by atoms with Gasteiger partial charge in [0.1, 0.15) is 11.3 Å². The topological polar surface area (TPSA) is 99.1 Å². The number of carbonyl (C=O) groups excluding carboxylic acids is 3. The predicted molar refractivity (Wildman–Crippen MR) is 83.0 cm³/mol. The van der Waals surface area contributed by atoms with Crippen LogP contribution in [0.15, 0.2) is 0 Å². The third-order valence-electron chi connectivity index (χ3n) is 4.15. The summed E-state index contributed by atoms with van der Waals surface area (Å²) in [5.74, 6) is -4.14. The molecule has 1 aromatic rings. The molecule has 1 aromatic carbocycles. The summed E-state index contributed by atoms with van der Waals surface area (Å²) in [6.45, 7) is 8.74. The SMILES string of the molecule is CC(=O)Oc1c(C)c(OC(C)=O)c2c(c1C)[C@@H](C)[C@@](C)(O)OC2=O. The molecule has 2 rings (SSSR count). The number of hydrogen-bond acceptors (Lipinski definition) is 7. The van der Waals surface area contributed by atoms with E-state index in [-0.39, 0.29) is 17.1 Å². The molecule has 1 aliphatic rings. The van der Waals surface area contributed by atoms with Crippen molar-refractivity contribution in [3.05, 3.63) is 22.3 Å². The zero-order valence-electron chi connectivity index (χ0n) is 14.5. The lowest BCUT2D eigenvalue weighted by molar-refractivity contribution is -0.170. The molecule has 130 valence electrons. The fourth-order valence-corrected chi connectivity index (χ4v) is 2.91. The van der Waals surface area contributed by atoms with Gasteiger partial charge in [-0.1, -0.05) is 6.92 Å². The normalized spacial score (nSPS) is 22.5. The highest BCUT2D eigenvalue weighted by molar-refractivity contribution is 5.98. The average Bonchev–Trinajstić information content (AvgIpc) is 2.42. The van der Waals surface area contributed by atoms with Gasteiger partial charge in [0.05, 0.1) is 0 Å². The van der Waals surface area contributed by atoms with Gasteiger partial charge in [-0.25, -0.2) is 4.79 Å². The van der Waals surface area contributed by atoms with Crippen LogP contribution in [0, 0.1) is 13.8 Å². The molecular weight excluding hydrogens is 316 g/mol. The van der Waals surface area contributed by atoms with Crippen LogP contribution in [0.1, 0.15) is 60.7 Å². The highest BCUT2D eigenvalue weighted by Crippen LogP contribution is 2.47. The van der Waals surface area contributed by atoms with Crippen LogP contribution in [0.4, 0.5) is 0 Å². The van der Waals surface area contributed by atoms with E-state index >= 15 is 0 Å². The van der Waals surface area contributed by atoms with Gasteiger partial charge in [-0.3, -0.25) is 9.59 Å². The van der Waals surface area contributed by atoms with Crippen molar-refractivity contribution in [2.24, 2.45) is 0 Å². The highest BCUT2D eigenvalue weighted by Gasteiger charge is 2.45. The molecule has 0 bridgehead atoms. The van der Waals surface area contributed by atoms with E-state index < -0.39 is 29.6 Å². The first-order chi connectivity index (χ1) is 11.0. The van der Waals surface area contributed by atoms with Gasteiger partial charge in [0.2, 0.25) is 5.79 Å². The van der Waals surface area contributed by atoms with Crippen molar-refractivity contribution in [3.63, 3.8) is 0 Å². The lowest BCUT2D eigenvalue weighted by atomic mass is 9.82. The molecule has 1 aliphatic heterocycles. The molecule has 24 heavy (non-hydrogen) atoms. The molecule has 0 saturated heterocycles. The Morgan fingerprint density at radius 2 is 1.58 bits per heavy atom. The van der Waals surface area contributed by atoms with Gasteiger partial charge in [0, 0.05) is 32.3 Å². The number of fused-ring (bicyclic) bond motifs is 1. The summed E-state index contributed by atoms with van der Waals surface area (Å²) in [5, 5.41) is 10.3. The Hall–Kier alpha value is -2.41. The molecule has 0 unspecified atom stereocenters. The van der Waals surface area contributed by atoms with Gasteiger partial charge >= 0.3 is 17.9 Å². The minimum atomic E-state index is -1.73. The molecule has 2 atom stereocenters. The zero-order chi connectivity index (χ0) is 18.4. The molecule has 0 radical (unpaired) electrons. The Kier molecular flexibility index (Phi) is 4.41. The molecular formula is C17H20O7. The number of benzene rings is 1. The van der Waals surface area contributed by atoms with Crippen LogP contribution < -0.4 is 9.47 Å². The van der Waals surface area contributed by atoms with Crippen molar-refractivity contribution in [1.29, 1.82) is 0 Å². The average molecular weight is 336 g/mol. The molecule has 0 aliphatic carbocycles. The third-order valence-corrected chi connectivity index (χ3v) is 4.15. The smallest absolute Gasteiger partial charge is 0.344 e. The number of cyclic esters (lactones) is 1. The number of carbonyl (C=O) groups is 3. The van der Waals surface area contributed by atoms with Crippen molar-refractivity contribution in [2.75, 3.05) is 0 Å². The molecule has 0 fully saturated rings. The van der Waals surface area contributed by atoms with Crippen LogP contribution in [0.3, 0.4) is 0 Å². The summed E-state index contributed by atoms with van der Waals surface area (Å²) in [4.78, 5) is 35.3.